The Balaban J connectivity index is 2.66. The van der Waals surface area contributed by atoms with Crippen LogP contribution in [0.25, 0.3) is 5.82 Å². The van der Waals surface area contributed by atoms with Gasteiger partial charge in [0.15, 0.2) is 11.5 Å². The standard InChI is InChI=1S/C9H5N5O2/c10-5-6-11-3-4-14(6)8-7(9(15)16)12-1-2-13-8/h1-4H,(H,15,16). The van der Waals surface area contributed by atoms with E-state index in [9.17, 15) is 4.79 Å². The number of hydrogen-bond donors (Lipinski definition) is 1. The molecule has 0 fully saturated rings. The molecule has 0 aliphatic rings. The van der Waals surface area contributed by atoms with E-state index < -0.39 is 5.97 Å². The lowest BCUT2D eigenvalue weighted by Gasteiger charge is -2.04. The second kappa shape index (κ2) is 3.78. The second-order valence-electron chi connectivity index (χ2n) is 2.77. The molecule has 0 amide bonds. The van der Waals surface area contributed by atoms with Crippen molar-refractivity contribution in [3.63, 3.8) is 0 Å². The van der Waals surface area contributed by atoms with Crippen molar-refractivity contribution in [3.05, 3.63) is 36.3 Å². The highest BCUT2D eigenvalue weighted by atomic mass is 16.4. The van der Waals surface area contributed by atoms with Crippen molar-refractivity contribution in [2.24, 2.45) is 0 Å². The van der Waals surface area contributed by atoms with Gasteiger partial charge in [0.05, 0.1) is 0 Å². The fourth-order valence-corrected chi connectivity index (χ4v) is 1.21. The van der Waals surface area contributed by atoms with Crippen LogP contribution in [-0.2, 0) is 0 Å². The normalized spacial score (nSPS) is 9.69. The van der Waals surface area contributed by atoms with E-state index in [-0.39, 0.29) is 17.3 Å². The number of nitriles is 1. The molecule has 0 spiro atoms. The van der Waals surface area contributed by atoms with Crippen LogP contribution in [0, 0.1) is 11.3 Å². The van der Waals surface area contributed by atoms with Gasteiger partial charge in [0, 0.05) is 24.8 Å². The monoisotopic (exact) mass is 215 g/mol. The minimum atomic E-state index is -1.21. The molecule has 0 unspecified atom stereocenters. The van der Waals surface area contributed by atoms with Gasteiger partial charge in [-0.15, -0.1) is 0 Å². The molecule has 0 saturated carbocycles. The van der Waals surface area contributed by atoms with Crippen LogP contribution in [0.4, 0.5) is 0 Å². The predicted molar refractivity (Wildman–Crippen MR) is 50.8 cm³/mol. The van der Waals surface area contributed by atoms with E-state index in [0.29, 0.717) is 0 Å². The minimum Gasteiger partial charge on any atom is -0.476 e. The Morgan fingerprint density at radius 2 is 2.06 bits per heavy atom. The van der Waals surface area contributed by atoms with E-state index in [1.54, 1.807) is 0 Å². The fourth-order valence-electron chi connectivity index (χ4n) is 1.21. The number of aromatic carboxylic acids is 1. The van der Waals surface area contributed by atoms with Gasteiger partial charge in [-0.2, -0.15) is 5.26 Å². The Kier molecular flexibility index (Phi) is 2.31. The maximum absolute atomic E-state index is 10.9. The van der Waals surface area contributed by atoms with Crippen LogP contribution in [0.2, 0.25) is 0 Å². The molecule has 2 rings (SSSR count). The number of rotatable bonds is 2. The predicted octanol–water partition coefficient (Wildman–Crippen LogP) is 0.232. The molecule has 0 aliphatic heterocycles. The summed E-state index contributed by atoms with van der Waals surface area (Å²) in [5.41, 5.74) is -0.225. The molecule has 7 heteroatoms. The van der Waals surface area contributed by atoms with Crippen LogP contribution >= 0.6 is 0 Å². The zero-order valence-electron chi connectivity index (χ0n) is 7.90. The number of carboxylic acids is 1. The lowest BCUT2D eigenvalue weighted by Crippen LogP contribution is -2.10. The number of carbonyl (C=O) groups is 1. The average Bonchev–Trinajstić information content (AvgIpc) is 2.76. The molecule has 2 aromatic rings. The number of imidazole rings is 1. The summed E-state index contributed by atoms with van der Waals surface area (Å²) < 4.78 is 1.27. The molecule has 16 heavy (non-hydrogen) atoms. The Hall–Kier alpha value is -2.75. The van der Waals surface area contributed by atoms with Crippen molar-refractivity contribution in [1.82, 2.24) is 19.5 Å². The highest BCUT2D eigenvalue weighted by Gasteiger charge is 2.16. The summed E-state index contributed by atoms with van der Waals surface area (Å²) in [6, 6.07) is 1.83. The fraction of sp³-hybridized carbons (Fsp3) is 0. The first kappa shape index (κ1) is 9.79. The quantitative estimate of drug-likeness (QED) is 0.768. The zero-order valence-corrected chi connectivity index (χ0v) is 7.90. The summed E-state index contributed by atoms with van der Waals surface area (Å²) in [5.74, 6) is -1.08. The molecule has 0 aromatic carbocycles. The Morgan fingerprint density at radius 1 is 1.31 bits per heavy atom. The summed E-state index contributed by atoms with van der Waals surface area (Å²) in [6.45, 7) is 0. The van der Waals surface area contributed by atoms with Gasteiger partial charge in [-0.1, -0.05) is 0 Å². The molecule has 0 atom stereocenters. The maximum atomic E-state index is 10.9. The van der Waals surface area contributed by atoms with Crippen LogP contribution < -0.4 is 0 Å². The minimum absolute atomic E-state index is 0.0583. The number of hydrogen-bond acceptors (Lipinski definition) is 5. The van der Waals surface area contributed by atoms with Gasteiger partial charge in [0.1, 0.15) is 6.07 Å². The largest absolute Gasteiger partial charge is 0.476 e. The first-order valence-corrected chi connectivity index (χ1v) is 4.22. The molecular formula is C9H5N5O2. The maximum Gasteiger partial charge on any atom is 0.358 e. The Labute approximate surface area is 89.6 Å². The molecule has 0 bridgehead atoms. The van der Waals surface area contributed by atoms with Crippen molar-refractivity contribution in [2.45, 2.75) is 0 Å². The van der Waals surface area contributed by atoms with E-state index in [4.69, 9.17) is 10.4 Å². The van der Waals surface area contributed by atoms with Crippen LogP contribution in [-0.4, -0.2) is 30.6 Å². The van der Waals surface area contributed by atoms with Crippen molar-refractivity contribution < 1.29 is 9.90 Å². The highest BCUT2D eigenvalue weighted by molar-refractivity contribution is 5.88. The molecule has 2 aromatic heterocycles. The van der Waals surface area contributed by atoms with E-state index in [1.165, 1.54) is 29.4 Å². The van der Waals surface area contributed by atoms with Gasteiger partial charge in [0.25, 0.3) is 0 Å². The highest BCUT2D eigenvalue weighted by Crippen LogP contribution is 2.10. The zero-order chi connectivity index (χ0) is 11.5. The molecule has 78 valence electrons. The van der Waals surface area contributed by atoms with E-state index >= 15 is 0 Å². The summed E-state index contributed by atoms with van der Waals surface area (Å²) >= 11 is 0. The third-order valence-electron chi connectivity index (χ3n) is 1.85. The lowest BCUT2D eigenvalue weighted by atomic mass is 10.4. The molecule has 2 heterocycles. The number of carboxylic acid groups (broad SMARTS) is 1. The first-order chi connectivity index (χ1) is 7.74. The molecule has 1 N–H and O–H groups in total. The smallest absolute Gasteiger partial charge is 0.358 e. The van der Waals surface area contributed by atoms with Gasteiger partial charge in [-0.3, -0.25) is 4.57 Å². The summed E-state index contributed by atoms with van der Waals surface area (Å²) in [4.78, 5) is 22.2. The molecular weight excluding hydrogens is 210 g/mol. The SMILES string of the molecule is N#Cc1nccn1-c1nccnc1C(=O)O. The van der Waals surface area contributed by atoms with Crippen molar-refractivity contribution in [1.29, 1.82) is 5.26 Å². The van der Waals surface area contributed by atoms with Crippen LogP contribution in [0.1, 0.15) is 16.3 Å². The van der Waals surface area contributed by atoms with E-state index in [2.05, 4.69) is 15.0 Å². The van der Waals surface area contributed by atoms with Gasteiger partial charge in [0.2, 0.25) is 5.82 Å². The van der Waals surface area contributed by atoms with Gasteiger partial charge < -0.3 is 5.11 Å². The van der Waals surface area contributed by atoms with Crippen LogP contribution in [0.3, 0.4) is 0 Å². The lowest BCUT2D eigenvalue weighted by molar-refractivity contribution is 0.0690. The Morgan fingerprint density at radius 3 is 2.75 bits per heavy atom. The summed E-state index contributed by atoms with van der Waals surface area (Å²) in [7, 11) is 0. The number of aromatic nitrogens is 4. The Bertz CT molecular complexity index is 584. The third kappa shape index (κ3) is 1.48. The first-order valence-electron chi connectivity index (χ1n) is 4.22. The average molecular weight is 215 g/mol. The third-order valence-corrected chi connectivity index (χ3v) is 1.85. The molecule has 0 radical (unpaired) electrons. The summed E-state index contributed by atoms with van der Waals surface area (Å²) in [6.07, 6.45) is 5.47. The van der Waals surface area contributed by atoms with Gasteiger partial charge >= 0.3 is 5.97 Å². The van der Waals surface area contributed by atoms with Gasteiger partial charge in [-0.05, 0) is 0 Å². The van der Waals surface area contributed by atoms with Crippen LogP contribution in [0.5, 0.6) is 0 Å². The topological polar surface area (TPSA) is 105 Å². The van der Waals surface area contributed by atoms with Crippen LogP contribution in [0.15, 0.2) is 24.8 Å². The van der Waals surface area contributed by atoms with E-state index in [0.717, 1.165) is 0 Å². The molecule has 7 nitrogen and oxygen atoms in total. The molecule has 0 saturated heterocycles. The van der Waals surface area contributed by atoms with Gasteiger partial charge in [-0.25, -0.2) is 19.7 Å². The summed E-state index contributed by atoms with van der Waals surface area (Å²) in [5, 5.41) is 17.7. The number of nitrogens with zero attached hydrogens (tertiary/aromatic N) is 5. The molecule has 0 aliphatic carbocycles. The second-order valence-corrected chi connectivity index (χ2v) is 2.77. The van der Waals surface area contributed by atoms with Crippen molar-refractivity contribution >= 4 is 5.97 Å². The van der Waals surface area contributed by atoms with E-state index in [1.807, 2.05) is 6.07 Å². The van der Waals surface area contributed by atoms with Crippen molar-refractivity contribution in [2.75, 3.05) is 0 Å². The van der Waals surface area contributed by atoms with Crippen molar-refractivity contribution in [3.8, 4) is 11.9 Å².